The molecule has 0 bridgehead atoms. The van der Waals surface area contributed by atoms with Gasteiger partial charge in [0.2, 0.25) is 0 Å². The average molecular weight is 350 g/mol. The minimum Gasteiger partial charge on any atom is -0.468 e. The van der Waals surface area contributed by atoms with E-state index in [1.165, 1.54) is 7.11 Å². The smallest absolute Gasteiger partial charge is 0.322 e. The number of nitrogens with zero attached hydrogens (tertiary/aromatic N) is 2. The summed E-state index contributed by atoms with van der Waals surface area (Å²) >= 11 is 5.32. The second kappa shape index (κ2) is 7.91. The van der Waals surface area contributed by atoms with Crippen LogP contribution in [-0.2, 0) is 28.8 Å². The standard InChI is InChI=1S/C12H20BrN3O2S/c1-4-9-11(13)10(16(2)15-9)7-19-6-5-8(14)12(17)18-3/h8H,4-7,14H2,1-3H3. The van der Waals surface area contributed by atoms with Gasteiger partial charge >= 0.3 is 5.97 Å². The third-order valence-corrected chi connectivity index (χ3v) is 4.74. The molecule has 5 nitrogen and oxygen atoms in total. The number of hydrogen-bond donors (Lipinski definition) is 1. The van der Waals surface area contributed by atoms with E-state index in [2.05, 4.69) is 32.7 Å². The molecule has 0 saturated carbocycles. The Kier molecular flexibility index (Phi) is 6.88. The van der Waals surface area contributed by atoms with Crippen LogP contribution in [0.4, 0.5) is 0 Å². The highest BCUT2D eigenvalue weighted by atomic mass is 79.9. The van der Waals surface area contributed by atoms with Gasteiger partial charge < -0.3 is 10.5 Å². The summed E-state index contributed by atoms with van der Waals surface area (Å²) in [7, 11) is 3.30. The van der Waals surface area contributed by atoms with Crippen molar-refractivity contribution in [1.29, 1.82) is 0 Å². The molecule has 0 aliphatic carbocycles. The highest BCUT2D eigenvalue weighted by Crippen LogP contribution is 2.25. The Morgan fingerprint density at radius 3 is 2.84 bits per heavy atom. The number of ether oxygens (including phenoxy) is 1. The minimum atomic E-state index is -0.529. The van der Waals surface area contributed by atoms with Gasteiger partial charge in [0.15, 0.2) is 0 Å². The van der Waals surface area contributed by atoms with Gasteiger partial charge in [0.25, 0.3) is 0 Å². The van der Waals surface area contributed by atoms with Crippen LogP contribution >= 0.6 is 27.7 Å². The summed E-state index contributed by atoms with van der Waals surface area (Å²) in [6.45, 7) is 2.08. The van der Waals surface area contributed by atoms with E-state index < -0.39 is 6.04 Å². The molecule has 2 N–H and O–H groups in total. The summed E-state index contributed by atoms with van der Waals surface area (Å²) in [4.78, 5) is 11.1. The fourth-order valence-corrected chi connectivity index (χ4v) is 3.66. The maximum atomic E-state index is 11.1. The molecule has 7 heteroatoms. The van der Waals surface area contributed by atoms with Crippen molar-refractivity contribution in [2.45, 2.75) is 31.6 Å². The first-order valence-corrected chi connectivity index (χ1v) is 8.07. The molecule has 1 heterocycles. The lowest BCUT2D eigenvalue weighted by Crippen LogP contribution is -2.31. The van der Waals surface area contributed by atoms with Crippen LogP contribution < -0.4 is 5.73 Å². The molecule has 1 atom stereocenters. The van der Waals surface area contributed by atoms with E-state index in [4.69, 9.17) is 5.73 Å². The fraction of sp³-hybridized carbons (Fsp3) is 0.667. The van der Waals surface area contributed by atoms with E-state index in [-0.39, 0.29) is 5.97 Å². The lowest BCUT2D eigenvalue weighted by atomic mass is 10.2. The minimum absolute atomic E-state index is 0.351. The third kappa shape index (κ3) is 4.50. The molecule has 0 spiro atoms. The van der Waals surface area contributed by atoms with Gasteiger partial charge in [-0.1, -0.05) is 6.92 Å². The first-order valence-electron chi connectivity index (χ1n) is 6.12. The van der Waals surface area contributed by atoms with E-state index >= 15 is 0 Å². The Labute approximate surface area is 126 Å². The van der Waals surface area contributed by atoms with Crippen molar-refractivity contribution in [1.82, 2.24) is 9.78 Å². The monoisotopic (exact) mass is 349 g/mol. The second-order valence-corrected chi connectivity index (χ2v) is 6.05. The first kappa shape index (κ1) is 16.5. The molecule has 0 aliphatic heterocycles. The van der Waals surface area contributed by atoms with Crippen LogP contribution in [0.15, 0.2) is 4.47 Å². The van der Waals surface area contributed by atoms with Gasteiger partial charge in [-0.2, -0.15) is 16.9 Å². The predicted molar refractivity (Wildman–Crippen MR) is 81.1 cm³/mol. The van der Waals surface area contributed by atoms with Crippen LogP contribution in [0.5, 0.6) is 0 Å². The molecule has 0 fully saturated rings. The number of halogens is 1. The fourth-order valence-electron chi connectivity index (χ4n) is 1.62. The van der Waals surface area contributed by atoms with Crippen LogP contribution in [0, 0.1) is 0 Å². The van der Waals surface area contributed by atoms with Crippen LogP contribution in [0.25, 0.3) is 0 Å². The molecule has 1 aromatic rings. The Bertz CT molecular complexity index is 437. The van der Waals surface area contributed by atoms with Crippen molar-refractivity contribution < 1.29 is 9.53 Å². The molecule has 1 unspecified atom stereocenters. The molecular weight excluding hydrogens is 330 g/mol. The van der Waals surface area contributed by atoms with Gasteiger partial charge in [-0.05, 0) is 34.5 Å². The summed E-state index contributed by atoms with van der Waals surface area (Å²) in [5.41, 5.74) is 7.91. The Morgan fingerprint density at radius 2 is 2.32 bits per heavy atom. The number of esters is 1. The van der Waals surface area contributed by atoms with E-state index in [0.29, 0.717) is 6.42 Å². The topological polar surface area (TPSA) is 70.1 Å². The van der Waals surface area contributed by atoms with Crippen molar-refractivity contribution in [2.75, 3.05) is 12.9 Å². The highest BCUT2D eigenvalue weighted by Gasteiger charge is 2.15. The highest BCUT2D eigenvalue weighted by molar-refractivity contribution is 9.10. The maximum Gasteiger partial charge on any atom is 0.322 e. The third-order valence-electron chi connectivity index (χ3n) is 2.82. The quantitative estimate of drug-likeness (QED) is 0.601. The van der Waals surface area contributed by atoms with E-state index in [1.807, 2.05) is 11.7 Å². The molecule has 19 heavy (non-hydrogen) atoms. The zero-order valence-corrected chi connectivity index (χ0v) is 13.9. The summed E-state index contributed by atoms with van der Waals surface area (Å²) in [6.07, 6.45) is 1.53. The predicted octanol–water partition coefficient (Wildman–Crippen LogP) is 1.87. The molecule has 108 valence electrons. The second-order valence-electron chi connectivity index (χ2n) is 4.16. The summed E-state index contributed by atoms with van der Waals surface area (Å²) in [6, 6.07) is -0.529. The van der Waals surface area contributed by atoms with Crippen LogP contribution in [-0.4, -0.2) is 34.7 Å². The Hall–Kier alpha value is -0.530. The summed E-state index contributed by atoms with van der Waals surface area (Å²) in [5.74, 6) is 1.31. The number of methoxy groups -OCH3 is 1. The molecule has 0 amide bonds. The normalized spacial score (nSPS) is 12.5. The number of aromatic nitrogens is 2. The van der Waals surface area contributed by atoms with Gasteiger partial charge in [-0.15, -0.1) is 0 Å². The van der Waals surface area contributed by atoms with Crippen LogP contribution in [0.2, 0.25) is 0 Å². The van der Waals surface area contributed by atoms with E-state index in [9.17, 15) is 4.79 Å². The first-order chi connectivity index (χ1) is 9.01. The maximum absolute atomic E-state index is 11.1. The molecule has 0 aliphatic rings. The zero-order chi connectivity index (χ0) is 14.4. The van der Waals surface area contributed by atoms with Gasteiger partial charge in [0, 0.05) is 12.8 Å². The Balaban J connectivity index is 2.42. The average Bonchev–Trinajstić information content (AvgIpc) is 2.68. The van der Waals surface area contributed by atoms with Gasteiger partial charge in [-0.3, -0.25) is 9.48 Å². The molecule has 1 aromatic heterocycles. The van der Waals surface area contributed by atoms with Crippen molar-refractivity contribution in [3.8, 4) is 0 Å². The number of aryl methyl sites for hydroxylation is 2. The van der Waals surface area contributed by atoms with E-state index in [0.717, 1.165) is 33.8 Å². The van der Waals surface area contributed by atoms with E-state index in [1.54, 1.807) is 11.8 Å². The number of thioether (sulfide) groups is 1. The number of carbonyl (C=O) groups excluding carboxylic acids is 1. The van der Waals surface area contributed by atoms with Gasteiger partial charge in [-0.25, -0.2) is 0 Å². The number of rotatable bonds is 7. The van der Waals surface area contributed by atoms with Crippen LogP contribution in [0.1, 0.15) is 24.7 Å². The van der Waals surface area contributed by atoms with Gasteiger partial charge in [0.1, 0.15) is 6.04 Å². The molecular formula is C12H20BrN3O2S. The number of hydrogen-bond acceptors (Lipinski definition) is 5. The number of nitrogens with two attached hydrogens (primary N) is 1. The molecule has 0 aromatic carbocycles. The van der Waals surface area contributed by atoms with Crippen LogP contribution in [0.3, 0.4) is 0 Å². The van der Waals surface area contributed by atoms with Gasteiger partial charge in [0.05, 0.1) is 23.0 Å². The SMILES string of the molecule is CCc1nn(C)c(CSCCC(N)C(=O)OC)c1Br. The molecule has 0 radical (unpaired) electrons. The number of carbonyl (C=O) groups is 1. The molecule has 0 saturated heterocycles. The summed E-state index contributed by atoms with van der Waals surface area (Å²) in [5, 5.41) is 4.44. The molecule has 1 rings (SSSR count). The largest absolute Gasteiger partial charge is 0.468 e. The Morgan fingerprint density at radius 1 is 1.63 bits per heavy atom. The zero-order valence-electron chi connectivity index (χ0n) is 11.5. The summed E-state index contributed by atoms with van der Waals surface area (Å²) < 4.78 is 7.57. The van der Waals surface area contributed by atoms with Crippen molar-refractivity contribution in [2.24, 2.45) is 12.8 Å². The van der Waals surface area contributed by atoms with Crippen molar-refractivity contribution >= 4 is 33.7 Å². The lowest BCUT2D eigenvalue weighted by Gasteiger charge is -2.08. The van der Waals surface area contributed by atoms with Crippen molar-refractivity contribution in [3.05, 3.63) is 15.9 Å². The lowest BCUT2D eigenvalue weighted by molar-refractivity contribution is -0.142. The van der Waals surface area contributed by atoms with Crippen molar-refractivity contribution in [3.63, 3.8) is 0 Å².